The summed E-state index contributed by atoms with van der Waals surface area (Å²) in [6.07, 6.45) is 1.66. The number of anilines is 1. The number of carboxylic acid groups (broad SMARTS) is 1. The number of hydrogen-bond acceptors (Lipinski definition) is 4. The van der Waals surface area contributed by atoms with Crippen molar-refractivity contribution in [3.63, 3.8) is 0 Å². The summed E-state index contributed by atoms with van der Waals surface area (Å²) >= 11 is 0. The van der Waals surface area contributed by atoms with Gasteiger partial charge in [0.05, 0.1) is 6.04 Å². The van der Waals surface area contributed by atoms with Crippen molar-refractivity contribution in [2.75, 3.05) is 11.9 Å². The van der Waals surface area contributed by atoms with Gasteiger partial charge in [0.2, 0.25) is 6.29 Å². The second-order valence-electron chi connectivity index (χ2n) is 2.96. The Morgan fingerprint density at radius 1 is 1.47 bits per heavy atom. The largest absolute Gasteiger partial charge is 0.480 e. The van der Waals surface area contributed by atoms with Crippen LogP contribution in [0.25, 0.3) is 0 Å². The lowest BCUT2D eigenvalue weighted by atomic mass is 10.1. The first-order chi connectivity index (χ1) is 7.13. The average Bonchev–Trinajstić information content (AvgIpc) is 2.26. The maximum absolute atomic E-state index is 10.3. The summed E-state index contributed by atoms with van der Waals surface area (Å²) in [6, 6.07) is 5.88. The molecule has 0 aliphatic rings. The fourth-order valence-electron chi connectivity index (χ4n) is 1.05. The number of carbonyl (C=O) groups excluding carboxylic acids is 1. The molecule has 5 heteroatoms. The Hall–Kier alpha value is -1.88. The van der Waals surface area contributed by atoms with Crippen LogP contribution in [0.15, 0.2) is 24.3 Å². The lowest BCUT2D eigenvalue weighted by Gasteiger charge is -2.06. The van der Waals surface area contributed by atoms with E-state index in [1.165, 1.54) is 0 Å². The number of hydrogen-bond donors (Lipinski definition) is 3. The molecule has 0 aliphatic carbocycles. The second-order valence-corrected chi connectivity index (χ2v) is 2.96. The molecule has 0 heterocycles. The van der Waals surface area contributed by atoms with Crippen molar-refractivity contribution in [2.24, 2.45) is 5.73 Å². The van der Waals surface area contributed by atoms with Crippen LogP contribution in [0.4, 0.5) is 5.69 Å². The summed E-state index contributed by atoms with van der Waals surface area (Å²) in [5.74, 6) is -0.933. The molecule has 1 rings (SSSR count). The molecule has 0 saturated heterocycles. The van der Waals surface area contributed by atoms with E-state index >= 15 is 0 Å². The van der Waals surface area contributed by atoms with Crippen LogP contribution < -0.4 is 11.1 Å². The Kier molecular flexibility index (Phi) is 3.82. The SMILES string of the molecule is NC([C]=O)c1ccc(NCC(=O)O)cc1. The summed E-state index contributed by atoms with van der Waals surface area (Å²) in [7, 11) is 0. The quantitative estimate of drug-likeness (QED) is 0.645. The third-order valence-corrected chi connectivity index (χ3v) is 1.84. The standard InChI is InChI=1S/C10H11N2O3/c11-9(6-13)7-1-3-8(4-2-7)12-5-10(14)15/h1-4,9,12H,5,11H2,(H,14,15). The van der Waals surface area contributed by atoms with Gasteiger partial charge in [0.25, 0.3) is 0 Å². The summed E-state index contributed by atoms with van der Waals surface area (Å²) in [5.41, 5.74) is 6.74. The average molecular weight is 207 g/mol. The monoisotopic (exact) mass is 207 g/mol. The zero-order valence-corrected chi connectivity index (χ0v) is 7.93. The minimum Gasteiger partial charge on any atom is -0.480 e. The third kappa shape index (κ3) is 3.40. The van der Waals surface area contributed by atoms with Gasteiger partial charge in [0.1, 0.15) is 6.54 Å². The summed E-state index contributed by atoms with van der Waals surface area (Å²) < 4.78 is 0. The van der Waals surface area contributed by atoms with E-state index in [4.69, 9.17) is 10.8 Å². The first kappa shape index (κ1) is 11.2. The number of carbonyl (C=O) groups is 1. The molecule has 0 aliphatic heterocycles. The smallest absolute Gasteiger partial charge is 0.322 e. The lowest BCUT2D eigenvalue weighted by molar-refractivity contribution is -0.134. The van der Waals surface area contributed by atoms with Crippen molar-refractivity contribution < 1.29 is 14.7 Å². The van der Waals surface area contributed by atoms with Crippen molar-refractivity contribution >= 4 is 17.9 Å². The van der Waals surface area contributed by atoms with Gasteiger partial charge in [-0.05, 0) is 17.7 Å². The highest BCUT2D eigenvalue weighted by Crippen LogP contribution is 2.12. The molecular weight excluding hydrogens is 196 g/mol. The summed E-state index contributed by atoms with van der Waals surface area (Å²) in [5, 5.41) is 11.1. The highest BCUT2D eigenvalue weighted by atomic mass is 16.4. The molecule has 1 unspecified atom stereocenters. The van der Waals surface area contributed by atoms with E-state index in [1.807, 2.05) is 0 Å². The van der Waals surface area contributed by atoms with Crippen LogP contribution in [0.1, 0.15) is 11.6 Å². The number of rotatable bonds is 5. The number of aliphatic carboxylic acids is 1. The Balaban J connectivity index is 2.63. The molecule has 1 aromatic rings. The van der Waals surface area contributed by atoms with Crippen LogP contribution in [0.5, 0.6) is 0 Å². The van der Waals surface area contributed by atoms with E-state index < -0.39 is 12.0 Å². The van der Waals surface area contributed by atoms with Gasteiger partial charge in [-0.25, -0.2) is 0 Å². The maximum atomic E-state index is 10.3. The minimum atomic E-state index is -0.933. The van der Waals surface area contributed by atoms with Gasteiger partial charge in [-0.15, -0.1) is 0 Å². The summed E-state index contributed by atoms with van der Waals surface area (Å²) in [4.78, 5) is 20.5. The van der Waals surface area contributed by atoms with E-state index in [2.05, 4.69) is 5.32 Å². The van der Waals surface area contributed by atoms with Crippen LogP contribution in [-0.2, 0) is 9.59 Å². The molecular formula is C10H11N2O3. The molecule has 1 radical (unpaired) electrons. The van der Waals surface area contributed by atoms with E-state index in [1.54, 1.807) is 30.6 Å². The van der Waals surface area contributed by atoms with Crippen LogP contribution >= 0.6 is 0 Å². The van der Waals surface area contributed by atoms with Gasteiger partial charge in [-0.2, -0.15) is 0 Å². The van der Waals surface area contributed by atoms with Crippen LogP contribution in [0.3, 0.4) is 0 Å². The molecule has 0 bridgehead atoms. The van der Waals surface area contributed by atoms with E-state index in [0.29, 0.717) is 11.3 Å². The van der Waals surface area contributed by atoms with Gasteiger partial charge >= 0.3 is 5.97 Å². The van der Waals surface area contributed by atoms with Crippen molar-refractivity contribution in [1.29, 1.82) is 0 Å². The van der Waals surface area contributed by atoms with Gasteiger partial charge in [0, 0.05) is 5.69 Å². The molecule has 0 amide bonds. The van der Waals surface area contributed by atoms with Crippen LogP contribution in [-0.4, -0.2) is 23.9 Å². The second kappa shape index (κ2) is 5.11. The molecule has 0 spiro atoms. The maximum Gasteiger partial charge on any atom is 0.322 e. The predicted octanol–water partition coefficient (Wildman–Crippen LogP) is 0.293. The first-order valence-corrected chi connectivity index (χ1v) is 4.32. The molecule has 15 heavy (non-hydrogen) atoms. The van der Waals surface area contributed by atoms with E-state index in [-0.39, 0.29) is 6.54 Å². The van der Waals surface area contributed by atoms with E-state index in [9.17, 15) is 9.59 Å². The van der Waals surface area contributed by atoms with Crippen molar-refractivity contribution in [2.45, 2.75) is 6.04 Å². The van der Waals surface area contributed by atoms with Gasteiger partial charge in [0.15, 0.2) is 0 Å². The zero-order valence-electron chi connectivity index (χ0n) is 7.93. The Morgan fingerprint density at radius 3 is 2.53 bits per heavy atom. The van der Waals surface area contributed by atoms with Crippen molar-refractivity contribution in [3.8, 4) is 0 Å². The van der Waals surface area contributed by atoms with Crippen molar-refractivity contribution in [3.05, 3.63) is 29.8 Å². The predicted molar refractivity (Wildman–Crippen MR) is 55.2 cm³/mol. The Morgan fingerprint density at radius 2 is 2.07 bits per heavy atom. The lowest BCUT2D eigenvalue weighted by Crippen LogP contribution is -2.13. The molecule has 0 aromatic heterocycles. The molecule has 5 nitrogen and oxygen atoms in total. The van der Waals surface area contributed by atoms with Gasteiger partial charge in [-0.1, -0.05) is 12.1 Å². The van der Waals surface area contributed by atoms with Crippen molar-refractivity contribution in [1.82, 2.24) is 0 Å². The fourth-order valence-corrected chi connectivity index (χ4v) is 1.05. The molecule has 0 saturated carbocycles. The first-order valence-electron chi connectivity index (χ1n) is 4.32. The molecule has 79 valence electrons. The highest BCUT2D eigenvalue weighted by molar-refractivity contribution is 5.72. The third-order valence-electron chi connectivity index (χ3n) is 1.84. The number of nitrogens with two attached hydrogens (primary N) is 1. The number of benzene rings is 1. The Bertz CT molecular complexity index is 348. The van der Waals surface area contributed by atoms with Gasteiger partial charge < -0.3 is 16.2 Å². The van der Waals surface area contributed by atoms with Crippen LogP contribution in [0.2, 0.25) is 0 Å². The summed E-state index contributed by atoms with van der Waals surface area (Å²) in [6.45, 7) is -0.148. The van der Waals surface area contributed by atoms with Crippen LogP contribution in [0, 0.1) is 0 Å². The number of carboxylic acids is 1. The molecule has 1 atom stereocenters. The topological polar surface area (TPSA) is 92.4 Å². The normalized spacial score (nSPS) is 11.8. The highest BCUT2D eigenvalue weighted by Gasteiger charge is 2.04. The Labute approximate surface area is 86.9 Å². The molecule has 0 fully saturated rings. The fraction of sp³-hybridized carbons (Fsp3) is 0.200. The molecule has 4 N–H and O–H groups in total. The number of nitrogens with one attached hydrogen (secondary N) is 1. The van der Waals surface area contributed by atoms with E-state index in [0.717, 1.165) is 0 Å². The zero-order chi connectivity index (χ0) is 11.3. The molecule has 1 aromatic carbocycles. The minimum absolute atomic E-state index is 0.148. The van der Waals surface area contributed by atoms with Gasteiger partial charge in [-0.3, -0.25) is 9.59 Å².